The van der Waals surface area contributed by atoms with Crippen LogP contribution in [-0.4, -0.2) is 42.7 Å². The predicted octanol–water partition coefficient (Wildman–Crippen LogP) is 4.51. The van der Waals surface area contributed by atoms with Gasteiger partial charge in [0.05, 0.1) is 37.1 Å². The van der Waals surface area contributed by atoms with Crippen molar-refractivity contribution in [3.05, 3.63) is 45.8 Å². The van der Waals surface area contributed by atoms with Crippen molar-refractivity contribution in [3.63, 3.8) is 0 Å². The summed E-state index contributed by atoms with van der Waals surface area (Å²) in [5.41, 5.74) is 1.16. The molecule has 3 unspecified atom stereocenters. The molecule has 0 saturated carbocycles. The number of phenols is 1. The van der Waals surface area contributed by atoms with Gasteiger partial charge in [-0.15, -0.1) is 0 Å². The van der Waals surface area contributed by atoms with E-state index in [9.17, 15) is 9.90 Å². The summed E-state index contributed by atoms with van der Waals surface area (Å²) in [4.78, 5) is 13.8. The molecule has 1 aromatic heterocycles. The number of epoxide rings is 2. The lowest BCUT2D eigenvalue weighted by Crippen LogP contribution is -2.38. The quantitative estimate of drug-likeness (QED) is 0.532. The molecule has 0 amide bonds. The molecule has 0 bridgehead atoms. The molecular formula is C27H28O8. The van der Waals surface area contributed by atoms with E-state index in [1.54, 1.807) is 25.3 Å². The number of benzene rings is 2. The fourth-order valence-corrected chi connectivity index (χ4v) is 5.16. The monoisotopic (exact) mass is 480 g/mol. The first kappa shape index (κ1) is 22.2. The summed E-state index contributed by atoms with van der Waals surface area (Å²) in [6.07, 6.45) is 1.31. The van der Waals surface area contributed by atoms with E-state index in [1.807, 2.05) is 27.7 Å². The minimum Gasteiger partial charge on any atom is -0.507 e. The maximum atomic E-state index is 13.8. The van der Waals surface area contributed by atoms with Gasteiger partial charge in [-0.3, -0.25) is 4.79 Å². The summed E-state index contributed by atoms with van der Waals surface area (Å²) in [5.74, 6) is 1.41. The lowest BCUT2D eigenvalue weighted by molar-refractivity contribution is 0.0710. The number of hydrogen-bond acceptors (Lipinski definition) is 8. The molecule has 2 fully saturated rings. The van der Waals surface area contributed by atoms with Crippen molar-refractivity contribution in [1.29, 1.82) is 0 Å². The van der Waals surface area contributed by atoms with Gasteiger partial charge < -0.3 is 33.2 Å². The van der Waals surface area contributed by atoms with Gasteiger partial charge >= 0.3 is 0 Å². The molecule has 3 aliphatic rings. The highest BCUT2D eigenvalue weighted by atomic mass is 16.6. The topological polar surface area (TPSA) is 103 Å². The van der Waals surface area contributed by atoms with Gasteiger partial charge in [-0.2, -0.15) is 0 Å². The Labute approximate surface area is 202 Å². The van der Waals surface area contributed by atoms with Gasteiger partial charge in [0.1, 0.15) is 41.0 Å². The van der Waals surface area contributed by atoms with E-state index in [-0.39, 0.29) is 46.1 Å². The first-order valence-electron chi connectivity index (χ1n) is 11.6. The third-order valence-electron chi connectivity index (χ3n) is 7.35. The van der Waals surface area contributed by atoms with Crippen LogP contribution in [0.1, 0.15) is 44.9 Å². The SMILES string of the molecule is COc1ccc(-c2coc3c4c(c(CC5OC5(C)C)c(O)c3c2=O)OC(C)(C)C2OC42)cc1OC. The second kappa shape index (κ2) is 7.15. The molecule has 3 aromatic rings. The summed E-state index contributed by atoms with van der Waals surface area (Å²) in [5, 5.41) is 11.6. The Bertz CT molecular complexity index is 1430. The molecule has 184 valence electrons. The third-order valence-corrected chi connectivity index (χ3v) is 7.35. The van der Waals surface area contributed by atoms with E-state index in [1.165, 1.54) is 13.4 Å². The molecule has 0 radical (unpaired) electrons. The minimum absolute atomic E-state index is 0.0967. The Hall–Kier alpha value is -3.23. The zero-order valence-corrected chi connectivity index (χ0v) is 20.6. The van der Waals surface area contributed by atoms with Crippen LogP contribution in [-0.2, 0) is 15.9 Å². The van der Waals surface area contributed by atoms with Crippen molar-refractivity contribution >= 4 is 11.0 Å². The lowest BCUT2D eigenvalue weighted by atomic mass is 9.88. The van der Waals surface area contributed by atoms with Crippen LogP contribution >= 0.6 is 0 Å². The van der Waals surface area contributed by atoms with Crippen molar-refractivity contribution in [2.75, 3.05) is 14.2 Å². The normalized spacial score (nSPS) is 24.8. The van der Waals surface area contributed by atoms with Crippen LogP contribution in [0.3, 0.4) is 0 Å². The van der Waals surface area contributed by atoms with Gasteiger partial charge in [-0.05, 0) is 45.4 Å². The van der Waals surface area contributed by atoms with Gasteiger partial charge in [0.2, 0.25) is 5.43 Å². The first-order valence-corrected chi connectivity index (χ1v) is 11.6. The predicted molar refractivity (Wildman–Crippen MR) is 128 cm³/mol. The summed E-state index contributed by atoms with van der Waals surface area (Å²) >= 11 is 0. The number of hydrogen-bond donors (Lipinski definition) is 1. The van der Waals surface area contributed by atoms with Crippen molar-refractivity contribution in [2.45, 2.75) is 63.6 Å². The summed E-state index contributed by atoms with van der Waals surface area (Å²) in [6, 6.07) is 5.18. The van der Waals surface area contributed by atoms with E-state index < -0.39 is 5.60 Å². The number of methoxy groups -OCH3 is 2. The highest BCUT2D eigenvalue weighted by Crippen LogP contribution is 2.59. The molecule has 3 atom stereocenters. The van der Waals surface area contributed by atoms with Crippen LogP contribution in [0.2, 0.25) is 0 Å². The van der Waals surface area contributed by atoms with Crippen molar-refractivity contribution in [3.8, 4) is 34.1 Å². The molecule has 35 heavy (non-hydrogen) atoms. The number of phenolic OH excluding ortho intramolecular Hbond substituents is 1. The number of ether oxygens (including phenoxy) is 5. The van der Waals surface area contributed by atoms with Crippen LogP contribution in [0.5, 0.6) is 23.0 Å². The van der Waals surface area contributed by atoms with Crippen molar-refractivity contribution < 1.29 is 33.2 Å². The first-order chi connectivity index (χ1) is 16.6. The Kier molecular flexibility index (Phi) is 4.54. The Balaban J connectivity index is 1.58. The maximum absolute atomic E-state index is 13.8. The summed E-state index contributed by atoms with van der Waals surface area (Å²) in [6.45, 7) is 7.91. The van der Waals surface area contributed by atoms with Gasteiger partial charge in [-0.1, -0.05) is 6.07 Å². The fraction of sp³-hybridized carbons (Fsp3) is 0.444. The van der Waals surface area contributed by atoms with E-state index in [4.69, 9.17) is 28.1 Å². The molecule has 1 N–H and O–H groups in total. The highest BCUT2D eigenvalue weighted by molar-refractivity contribution is 5.93. The third kappa shape index (κ3) is 3.23. The molecule has 4 heterocycles. The van der Waals surface area contributed by atoms with E-state index >= 15 is 0 Å². The van der Waals surface area contributed by atoms with Crippen LogP contribution in [0.25, 0.3) is 22.1 Å². The molecule has 0 spiro atoms. The summed E-state index contributed by atoms with van der Waals surface area (Å²) in [7, 11) is 3.08. The largest absolute Gasteiger partial charge is 0.507 e. The number of aromatic hydroxyl groups is 1. The number of rotatable bonds is 5. The van der Waals surface area contributed by atoms with Gasteiger partial charge in [0.15, 0.2) is 17.1 Å². The van der Waals surface area contributed by atoms with Crippen LogP contribution in [0.15, 0.2) is 33.7 Å². The number of fused-ring (bicyclic) bond motifs is 5. The average molecular weight is 481 g/mol. The van der Waals surface area contributed by atoms with Crippen LogP contribution in [0, 0.1) is 0 Å². The Morgan fingerprint density at radius 1 is 1.06 bits per heavy atom. The molecule has 8 nitrogen and oxygen atoms in total. The van der Waals surface area contributed by atoms with Crippen molar-refractivity contribution in [1.82, 2.24) is 0 Å². The smallest absolute Gasteiger partial charge is 0.204 e. The second-order valence-corrected chi connectivity index (χ2v) is 10.4. The molecule has 8 heteroatoms. The van der Waals surface area contributed by atoms with Crippen LogP contribution in [0.4, 0.5) is 0 Å². The van der Waals surface area contributed by atoms with E-state index in [0.29, 0.717) is 45.9 Å². The molecule has 3 aliphatic heterocycles. The van der Waals surface area contributed by atoms with Crippen LogP contribution < -0.4 is 19.6 Å². The van der Waals surface area contributed by atoms with Crippen molar-refractivity contribution in [2.24, 2.45) is 0 Å². The Morgan fingerprint density at radius 2 is 1.77 bits per heavy atom. The minimum atomic E-state index is -0.577. The zero-order chi connectivity index (χ0) is 24.9. The standard InChI is InChI=1S/C27H28O8/c1-26(2)17(34-26)10-13-20(28)18-21(29)14(12-7-8-15(30-5)16(9-12)31-6)11-32-23(18)19-22(13)35-27(3,4)25-24(19)33-25/h7-9,11,17,24-25,28H,10H2,1-6H3. The highest BCUT2D eigenvalue weighted by Gasteiger charge is 2.59. The fourth-order valence-electron chi connectivity index (χ4n) is 5.16. The van der Waals surface area contributed by atoms with Gasteiger partial charge in [0.25, 0.3) is 0 Å². The van der Waals surface area contributed by atoms with Gasteiger partial charge in [0, 0.05) is 12.0 Å². The van der Waals surface area contributed by atoms with E-state index in [0.717, 1.165) is 0 Å². The molecule has 6 rings (SSSR count). The lowest BCUT2D eigenvalue weighted by Gasteiger charge is -2.31. The molecular weight excluding hydrogens is 452 g/mol. The maximum Gasteiger partial charge on any atom is 0.204 e. The zero-order valence-electron chi connectivity index (χ0n) is 20.6. The average Bonchev–Trinajstić information content (AvgIpc) is 3.72. The second-order valence-electron chi connectivity index (χ2n) is 10.4. The summed E-state index contributed by atoms with van der Waals surface area (Å²) < 4.78 is 34.9. The Morgan fingerprint density at radius 3 is 2.43 bits per heavy atom. The van der Waals surface area contributed by atoms with Gasteiger partial charge in [-0.25, -0.2) is 0 Å². The molecule has 2 saturated heterocycles. The molecule has 2 aromatic carbocycles. The van der Waals surface area contributed by atoms with E-state index in [2.05, 4.69) is 0 Å². The molecule has 0 aliphatic carbocycles.